The van der Waals surface area contributed by atoms with Crippen molar-refractivity contribution in [3.8, 4) is 6.07 Å². The molecule has 0 saturated carbocycles. The second kappa shape index (κ2) is 6.88. The van der Waals surface area contributed by atoms with Crippen LogP contribution in [0, 0.1) is 22.7 Å². The fourth-order valence-electron chi connectivity index (χ4n) is 2.35. The molecule has 108 valence electrons. The fourth-order valence-corrected chi connectivity index (χ4v) is 2.35. The maximum absolute atomic E-state index is 11.2. The average molecular weight is 268 g/mol. The Hall–Kier alpha value is -1.12. The van der Waals surface area contributed by atoms with Crippen LogP contribution in [-0.4, -0.2) is 48.3 Å². The molecule has 0 aromatic carbocycles. The molecule has 1 aliphatic heterocycles. The van der Waals surface area contributed by atoms with Crippen molar-refractivity contribution in [2.75, 3.05) is 26.3 Å². The molecule has 1 rings (SSSR count). The van der Waals surface area contributed by atoms with Gasteiger partial charge in [-0.2, -0.15) is 5.26 Å². The molecule has 1 N–H and O–H groups in total. The predicted octanol–water partition coefficient (Wildman–Crippen LogP) is 1.74. The monoisotopic (exact) mass is 268 g/mol. The Morgan fingerprint density at radius 1 is 1.47 bits per heavy atom. The van der Waals surface area contributed by atoms with Gasteiger partial charge < -0.3 is 9.84 Å². The molecule has 1 aliphatic rings. The first kappa shape index (κ1) is 15.9. The molecule has 0 radical (unpaired) electrons. The largest absolute Gasteiger partial charge is 0.481 e. The van der Waals surface area contributed by atoms with Crippen LogP contribution >= 0.6 is 0 Å². The first-order valence-electron chi connectivity index (χ1n) is 6.87. The summed E-state index contributed by atoms with van der Waals surface area (Å²) in [5.41, 5.74) is -0.371. The number of nitriles is 1. The Morgan fingerprint density at radius 3 is 2.68 bits per heavy atom. The third-order valence-electron chi connectivity index (χ3n) is 3.67. The number of carboxylic acid groups (broad SMARTS) is 1. The van der Waals surface area contributed by atoms with Gasteiger partial charge in [0.2, 0.25) is 0 Å². The number of aliphatic carboxylic acids is 1. The lowest BCUT2D eigenvalue weighted by atomic mass is 9.90. The molecule has 2 atom stereocenters. The molecule has 0 bridgehead atoms. The lowest BCUT2D eigenvalue weighted by molar-refractivity contribution is -0.143. The first-order chi connectivity index (χ1) is 8.91. The minimum Gasteiger partial charge on any atom is -0.481 e. The Balaban J connectivity index is 2.66. The highest BCUT2D eigenvalue weighted by atomic mass is 16.5. The smallest absolute Gasteiger partial charge is 0.310 e. The van der Waals surface area contributed by atoms with Gasteiger partial charge in [-0.25, -0.2) is 0 Å². The molecule has 0 aromatic heterocycles. The summed E-state index contributed by atoms with van der Waals surface area (Å²) >= 11 is 0. The summed E-state index contributed by atoms with van der Waals surface area (Å²) in [7, 11) is 0. The van der Waals surface area contributed by atoms with Crippen molar-refractivity contribution in [1.29, 1.82) is 5.26 Å². The number of carboxylic acids is 1. The quantitative estimate of drug-likeness (QED) is 0.761. The van der Waals surface area contributed by atoms with Crippen molar-refractivity contribution in [1.82, 2.24) is 4.90 Å². The van der Waals surface area contributed by atoms with Gasteiger partial charge in [0, 0.05) is 12.6 Å². The summed E-state index contributed by atoms with van der Waals surface area (Å²) in [5.74, 6) is -1.24. The highest BCUT2D eigenvalue weighted by Gasteiger charge is 2.38. The summed E-state index contributed by atoms with van der Waals surface area (Å²) < 4.78 is 5.33. The fraction of sp³-hybridized carbons (Fsp3) is 0.857. The van der Waals surface area contributed by atoms with Gasteiger partial charge >= 0.3 is 5.97 Å². The van der Waals surface area contributed by atoms with Gasteiger partial charge in [-0.1, -0.05) is 6.92 Å². The van der Waals surface area contributed by atoms with Crippen molar-refractivity contribution in [2.24, 2.45) is 11.3 Å². The molecule has 5 heteroatoms. The van der Waals surface area contributed by atoms with E-state index in [-0.39, 0.29) is 11.5 Å². The van der Waals surface area contributed by atoms with Gasteiger partial charge in [-0.05, 0) is 33.2 Å². The topological polar surface area (TPSA) is 73.6 Å². The molecule has 5 nitrogen and oxygen atoms in total. The van der Waals surface area contributed by atoms with Crippen LogP contribution in [0.3, 0.4) is 0 Å². The molecular weight excluding hydrogens is 244 g/mol. The maximum atomic E-state index is 11.2. The van der Waals surface area contributed by atoms with E-state index in [1.165, 1.54) is 0 Å². The minimum absolute atomic E-state index is 0.0630. The lowest BCUT2D eigenvalue weighted by Gasteiger charge is -2.31. The van der Waals surface area contributed by atoms with Crippen LogP contribution in [0.1, 0.15) is 33.6 Å². The van der Waals surface area contributed by atoms with E-state index >= 15 is 0 Å². The van der Waals surface area contributed by atoms with E-state index in [1.54, 1.807) is 0 Å². The summed E-state index contributed by atoms with van der Waals surface area (Å²) in [5, 5.41) is 18.3. The highest BCUT2D eigenvalue weighted by Crippen LogP contribution is 2.24. The van der Waals surface area contributed by atoms with Crippen LogP contribution in [-0.2, 0) is 9.53 Å². The summed E-state index contributed by atoms with van der Waals surface area (Å²) in [6, 6.07) is 2.23. The number of nitrogens with zero attached hydrogens (tertiary/aromatic N) is 2. The first-order valence-corrected chi connectivity index (χ1v) is 6.87. The molecule has 0 amide bonds. The zero-order chi connectivity index (χ0) is 14.5. The van der Waals surface area contributed by atoms with Gasteiger partial charge in [0.25, 0.3) is 0 Å². The molecule has 1 saturated heterocycles. The zero-order valence-corrected chi connectivity index (χ0v) is 12.1. The van der Waals surface area contributed by atoms with Crippen LogP contribution < -0.4 is 0 Å². The van der Waals surface area contributed by atoms with Gasteiger partial charge in [0.15, 0.2) is 0 Å². The SMILES string of the molecule is CCCN(CCC(C)(C)C#N)C1COCC1C(=O)O. The van der Waals surface area contributed by atoms with Gasteiger partial charge in [-0.15, -0.1) is 0 Å². The van der Waals surface area contributed by atoms with E-state index in [4.69, 9.17) is 10.00 Å². The van der Waals surface area contributed by atoms with Crippen molar-refractivity contribution in [2.45, 2.75) is 39.7 Å². The molecule has 0 spiro atoms. The second-order valence-corrected chi connectivity index (χ2v) is 5.83. The Kier molecular flexibility index (Phi) is 5.77. The summed E-state index contributed by atoms with van der Waals surface area (Å²) in [6.07, 6.45) is 1.71. The van der Waals surface area contributed by atoms with E-state index in [0.29, 0.717) is 13.2 Å². The lowest BCUT2D eigenvalue weighted by Crippen LogP contribution is -2.44. The molecule has 19 heavy (non-hydrogen) atoms. The van der Waals surface area contributed by atoms with E-state index in [1.807, 2.05) is 13.8 Å². The van der Waals surface area contributed by atoms with Crippen LogP contribution in [0.4, 0.5) is 0 Å². The van der Waals surface area contributed by atoms with Crippen LogP contribution in [0.15, 0.2) is 0 Å². The highest BCUT2D eigenvalue weighted by molar-refractivity contribution is 5.71. The van der Waals surface area contributed by atoms with Crippen molar-refractivity contribution in [3.63, 3.8) is 0 Å². The molecule has 1 heterocycles. The summed E-state index contributed by atoms with van der Waals surface area (Å²) in [6.45, 7) is 8.26. The number of carbonyl (C=O) groups is 1. The van der Waals surface area contributed by atoms with Crippen LogP contribution in [0.25, 0.3) is 0 Å². The van der Waals surface area contributed by atoms with Gasteiger partial charge in [0.05, 0.1) is 30.6 Å². The van der Waals surface area contributed by atoms with Crippen molar-refractivity contribution < 1.29 is 14.6 Å². The van der Waals surface area contributed by atoms with Crippen LogP contribution in [0.5, 0.6) is 0 Å². The average Bonchev–Trinajstić information content (AvgIpc) is 2.83. The van der Waals surface area contributed by atoms with Gasteiger partial charge in [0.1, 0.15) is 0 Å². The number of hydrogen-bond acceptors (Lipinski definition) is 4. The molecule has 0 aliphatic carbocycles. The van der Waals surface area contributed by atoms with Crippen molar-refractivity contribution in [3.05, 3.63) is 0 Å². The normalized spacial score (nSPS) is 23.5. The minimum atomic E-state index is -0.789. The predicted molar refractivity (Wildman–Crippen MR) is 71.6 cm³/mol. The Bertz CT molecular complexity index is 349. The van der Waals surface area contributed by atoms with E-state index < -0.39 is 11.9 Å². The van der Waals surface area contributed by atoms with E-state index in [9.17, 15) is 9.90 Å². The maximum Gasteiger partial charge on any atom is 0.310 e. The standard InChI is InChI=1S/C14H24N2O3/c1-4-6-16(7-5-14(2,3)10-15)12-9-19-8-11(12)13(17)18/h11-12H,4-9H2,1-3H3,(H,17,18). The second-order valence-electron chi connectivity index (χ2n) is 5.83. The van der Waals surface area contributed by atoms with Crippen molar-refractivity contribution >= 4 is 5.97 Å². The Labute approximate surface area is 115 Å². The summed E-state index contributed by atoms with van der Waals surface area (Å²) in [4.78, 5) is 13.4. The Morgan fingerprint density at radius 2 is 2.16 bits per heavy atom. The third kappa shape index (κ3) is 4.48. The molecule has 0 aromatic rings. The number of hydrogen-bond donors (Lipinski definition) is 1. The molecule has 2 unspecified atom stereocenters. The van der Waals surface area contributed by atoms with E-state index in [2.05, 4.69) is 17.9 Å². The number of ether oxygens (including phenoxy) is 1. The molecule has 1 fully saturated rings. The van der Waals surface area contributed by atoms with E-state index in [0.717, 1.165) is 25.9 Å². The number of rotatable bonds is 7. The molecular formula is C14H24N2O3. The van der Waals surface area contributed by atoms with Crippen LogP contribution in [0.2, 0.25) is 0 Å². The zero-order valence-electron chi connectivity index (χ0n) is 12.1. The third-order valence-corrected chi connectivity index (χ3v) is 3.67. The van der Waals surface area contributed by atoms with Gasteiger partial charge in [-0.3, -0.25) is 9.69 Å².